The molecule has 66 valence electrons. The third-order valence-corrected chi connectivity index (χ3v) is 1.90. The highest BCUT2D eigenvalue weighted by molar-refractivity contribution is 4.98. The minimum Gasteiger partial charge on any atom is -0.463 e. The number of H-pyrrole nitrogens is 1. The molecule has 1 aliphatic heterocycles. The van der Waals surface area contributed by atoms with Crippen molar-refractivity contribution in [3.8, 4) is 6.01 Å². The number of nitrogens with one attached hydrogen (secondary N) is 1. The lowest BCUT2D eigenvalue weighted by Gasteiger charge is -2.28. The molecule has 1 aromatic rings. The molecule has 0 bridgehead atoms. The molecule has 0 aromatic carbocycles. The number of hydrogen-bond acceptors (Lipinski definition) is 3. The van der Waals surface area contributed by atoms with Crippen LogP contribution in [0.4, 0.5) is 0 Å². The van der Waals surface area contributed by atoms with Crippen molar-refractivity contribution < 1.29 is 4.74 Å². The predicted molar refractivity (Wildman–Crippen MR) is 42.1 cm³/mol. The van der Waals surface area contributed by atoms with Gasteiger partial charge in [0, 0.05) is 12.0 Å². The smallest absolute Gasteiger partial charge is 0.346 e. The van der Waals surface area contributed by atoms with E-state index in [1.165, 1.54) is 4.57 Å². The number of ether oxygens (including phenoxy) is 1. The summed E-state index contributed by atoms with van der Waals surface area (Å²) in [6.45, 7) is 5.37. The van der Waals surface area contributed by atoms with Crippen molar-refractivity contribution in [2.45, 2.75) is 20.4 Å². The first-order chi connectivity index (χ1) is 5.58. The van der Waals surface area contributed by atoms with E-state index in [9.17, 15) is 4.79 Å². The molecular formula is C7H11N3O2. The van der Waals surface area contributed by atoms with Crippen molar-refractivity contribution in [2.24, 2.45) is 5.41 Å². The highest BCUT2D eigenvalue weighted by Crippen LogP contribution is 2.24. The third-order valence-electron chi connectivity index (χ3n) is 1.90. The fourth-order valence-electron chi connectivity index (χ4n) is 1.29. The molecule has 1 aliphatic rings. The Morgan fingerprint density at radius 3 is 3.17 bits per heavy atom. The second kappa shape index (κ2) is 2.12. The Hall–Kier alpha value is -1.26. The van der Waals surface area contributed by atoms with Gasteiger partial charge in [-0.3, -0.25) is 0 Å². The lowest BCUT2D eigenvalue weighted by atomic mass is 9.94. The average Bonchev–Trinajstić information content (AvgIpc) is 2.31. The van der Waals surface area contributed by atoms with Gasteiger partial charge in [-0.05, 0) is 0 Å². The van der Waals surface area contributed by atoms with Crippen LogP contribution >= 0.6 is 0 Å². The Bertz CT molecular complexity index is 350. The van der Waals surface area contributed by atoms with Crippen LogP contribution < -0.4 is 10.4 Å². The molecule has 1 aromatic heterocycles. The Labute approximate surface area is 69.4 Å². The first-order valence-electron chi connectivity index (χ1n) is 3.86. The Morgan fingerprint density at radius 2 is 2.42 bits per heavy atom. The molecule has 2 heterocycles. The molecule has 0 saturated heterocycles. The van der Waals surface area contributed by atoms with Crippen LogP contribution in [-0.4, -0.2) is 21.4 Å². The summed E-state index contributed by atoms with van der Waals surface area (Å²) < 4.78 is 6.80. The second-order valence-electron chi connectivity index (χ2n) is 3.85. The minimum absolute atomic E-state index is 0.0146. The lowest BCUT2D eigenvalue weighted by molar-refractivity contribution is 0.101. The summed E-state index contributed by atoms with van der Waals surface area (Å²) in [5.74, 6) is 0. The van der Waals surface area contributed by atoms with E-state index in [4.69, 9.17) is 4.74 Å². The van der Waals surface area contributed by atoms with E-state index in [1.54, 1.807) is 0 Å². The fraction of sp³-hybridized carbons (Fsp3) is 0.714. The molecule has 5 heteroatoms. The highest BCUT2D eigenvalue weighted by Gasteiger charge is 2.28. The Balaban J connectivity index is 2.45. The van der Waals surface area contributed by atoms with Crippen LogP contribution in [0.1, 0.15) is 13.8 Å². The third kappa shape index (κ3) is 1.01. The number of aromatic amines is 1. The number of nitrogens with zero attached hydrogens (tertiary/aromatic N) is 2. The van der Waals surface area contributed by atoms with E-state index < -0.39 is 0 Å². The van der Waals surface area contributed by atoms with Gasteiger partial charge in [0.05, 0.1) is 6.61 Å². The minimum atomic E-state index is -0.197. The van der Waals surface area contributed by atoms with Crippen molar-refractivity contribution in [1.82, 2.24) is 14.8 Å². The van der Waals surface area contributed by atoms with Gasteiger partial charge in [0.25, 0.3) is 0 Å². The summed E-state index contributed by atoms with van der Waals surface area (Å²) in [5.41, 5.74) is -0.182. The maximum absolute atomic E-state index is 11.1. The maximum Gasteiger partial charge on any atom is 0.346 e. The van der Waals surface area contributed by atoms with E-state index >= 15 is 0 Å². The van der Waals surface area contributed by atoms with Gasteiger partial charge < -0.3 is 4.74 Å². The maximum atomic E-state index is 11.1. The van der Waals surface area contributed by atoms with Gasteiger partial charge in [-0.1, -0.05) is 13.8 Å². The first-order valence-corrected chi connectivity index (χ1v) is 3.86. The van der Waals surface area contributed by atoms with Crippen molar-refractivity contribution in [3.63, 3.8) is 0 Å². The SMILES string of the molecule is CC1(C)COc2n[nH]c(=O)n2C1. The number of fused-ring (bicyclic) bond motifs is 1. The monoisotopic (exact) mass is 169 g/mol. The zero-order valence-corrected chi connectivity index (χ0v) is 7.13. The van der Waals surface area contributed by atoms with E-state index in [0.29, 0.717) is 19.2 Å². The normalized spacial score (nSPS) is 19.8. The molecule has 0 atom stereocenters. The van der Waals surface area contributed by atoms with Crippen molar-refractivity contribution in [1.29, 1.82) is 0 Å². The fourth-order valence-corrected chi connectivity index (χ4v) is 1.29. The van der Waals surface area contributed by atoms with Crippen LogP contribution in [0.3, 0.4) is 0 Å². The molecular weight excluding hydrogens is 158 g/mol. The van der Waals surface area contributed by atoms with Crippen LogP contribution in [0.5, 0.6) is 6.01 Å². The van der Waals surface area contributed by atoms with Crippen LogP contribution in [0, 0.1) is 5.41 Å². The van der Waals surface area contributed by atoms with Crippen LogP contribution in [-0.2, 0) is 6.54 Å². The summed E-state index contributed by atoms with van der Waals surface area (Å²) in [4.78, 5) is 11.1. The molecule has 1 N–H and O–H groups in total. The van der Waals surface area contributed by atoms with Crippen LogP contribution in [0.2, 0.25) is 0 Å². The van der Waals surface area contributed by atoms with Crippen molar-refractivity contribution in [2.75, 3.05) is 6.61 Å². The van der Waals surface area contributed by atoms with Gasteiger partial charge in [-0.2, -0.15) is 0 Å². The standard InChI is InChI=1S/C7H11N3O2/c1-7(2)3-10-5(11)8-9-6(10)12-4-7/h3-4H2,1-2H3,(H,8,11). The number of rotatable bonds is 0. The second-order valence-corrected chi connectivity index (χ2v) is 3.85. The summed E-state index contributed by atoms with van der Waals surface area (Å²) in [6.07, 6.45) is 0. The van der Waals surface area contributed by atoms with Gasteiger partial charge in [0.2, 0.25) is 0 Å². The zero-order chi connectivity index (χ0) is 8.77. The van der Waals surface area contributed by atoms with Gasteiger partial charge in [-0.15, -0.1) is 5.10 Å². The summed E-state index contributed by atoms with van der Waals surface area (Å²) >= 11 is 0. The predicted octanol–water partition coefficient (Wildman–Crippen LogP) is -0.0100. The van der Waals surface area contributed by atoms with Crippen LogP contribution in [0.25, 0.3) is 0 Å². The van der Waals surface area contributed by atoms with Gasteiger partial charge >= 0.3 is 11.7 Å². The topological polar surface area (TPSA) is 59.9 Å². The average molecular weight is 169 g/mol. The molecule has 5 nitrogen and oxygen atoms in total. The zero-order valence-electron chi connectivity index (χ0n) is 7.13. The van der Waals surface area contributed by atoms with E-state index in [1.807, 2.05) is 0 Å². The molecule has 0 unspecified atom stereocenters. The first kappa shape index (κ1) is 7.39. The quantitative estimate of drug-likeness (QED) is 0.594. The lowest BCUT2D eigenvalue weighted by Crippen LogP contribution is -2.36. The largest absolute Gasteiger partial charge is 0.463 e. The van der Waals surface area contributed by atoms with E-state index in [2.05, 4.69) is 24.0 Å². The summed E-state index contributed by atoms with van der Waals surface area (Å²) in [5, 5.41) is 6.07. The van der Waals surface area contributed by atoms with Crippen LogP contribution in [0.15, 0.2) is 4.79 Å². The summed E-state index contributed by atoms with van der Waals surface area (Å²) in [7, 11) is 0. The molecule has 0 spiro atoms. The molecule has 0 saturated carbocycles. The van der Waals surface area contributed by atoms with Gasteiger partial charge in [0.1, 0.15) is 0 Å². The van der Waals surface area contributed by atoms with Gasteiger partial charge in [0.15, 0.2) is 0 Å². The summed E-state index contributed by atoms with van der Waals surface area (Å²) in [6, 6.07) is 0.402. The molecule has 0 amide bonds. The van der Waals surface area contributed by atoms with Crippen molar-refractivity contribution in [3.05, 3.63) is 10.5 Å². The Kier molecular flexibility index (Phi) is 1.31. The van der Waals surface area contributed by atoms with E-state index in [-0.39, 0.29) is 11.1 Å². The molecule has 0 fully saturated rings. The van der Waals surface area contributed by atoms with Crippen molar-refractivity contribution >= 4 is 0 Å². The molecule has 2 rings (SSSR count). The number of hydrogen-bond donors (Lipinski definition) is 1. The van der Waals surface area contributed by atoms with E-state index in [0.717, 1.165) is 0 Å². The molecule has 0 aliphatic carbocycles. The number of aromatic nitrogens is 3. The molecule has 0 radical (unpaired) electrons. The highest BCUT2D eigenvalue weighted by atomic mass is 16.5. The Morgan fingerprint density at radius 1 is 1.67 bits per heavy atom. The molecule has 12 heavy (non-hydrogen) atoms. The van der Waals surface area contributed by atoms with Gasteiger partial charge in [-0.25, -0.2) is 14.5 Å².